The zero-order valence-corrected chi connectivity index (χ0v) is 67.3. The normalized spacial score (nSPS) is 15.4. The summed E-state index contributed by atoms with van der Waals surface area (Å²) in [6, 6.07) is 32.3. The predicted octanol–water partition coefficient (Wildman–Crippen LogP) is 25.5. The summed E-state index contributed by atoms with van der Waals surface area (Å²) in [6.07, 6.45) is 0.597. The van der Waals surface area contributed by atoms with Gasteiger partial charge in [0.1, 0.15) is 11.6 Å². The second-order valence-electron chi connectivity index (χ2n) is 24.4. The summed E-state index contributed by atoms with van der Waals surface area (Å²) in [5.74, 6) is 9.80. The van der Waals surface area contributed by atoms with Crippen LogP contribution in [0.3, 0.4) is 0 Å². The van der Waals surface area contributed by atoms with Gasteiger partial charge in [-0.3, -0.25) is 4.98 Å². The highest BCUT2D eigenvalue weighted by molar-refractivity contribution is 8.01. The second kappa shape index (κ2) is 37.7. The number of thioether (sulfide) groups is 8. The van der Waals surface area contributed by atoms with E-state index >= 15 is 0 Å². The number of benzene rings is 5. The lowest BCUT2D eigenvalue weighted by atomic mass is 10.1. The fraction of sp³-hybridized carbons (Fsp3) is 0.286. The third-order valence-corrected chi connectivity index (χ3v) is 26.4. The molecule has 532 valence electrons. The number of nitrogens with zero attached hydrogens (tertiary/aromatic N) is 3. The first kappa shape index (κ1) is 79.9. The zero-order chi connectivity index (χ0) is 72.7. The lowest BCUT2D eigenvalue weighted by molar-refractivity contribution is -0.138. The number of anilines is 6. The van der Waals surface area contributed by atoms with E-state index in [0.29, 0.717) is 16.3 Å². The molecule has 3 aromatic heterocycles. The summed E-state index contributed by atoms with van der Waals surface area (Å²) >= 11 is 38.2. The standard InChI is InChI=1S/C11H10F3NS.C10H10ClNS.C10H11ClS.C10H11NS.C9H9ClN2S.C9H10ClNS.C9H10N2S.C9H11NS/c1-6-3-9-10(16-5-7(2)15-9)4-8(6)11(12,13)14;1-6-3-9-10(4-8(6)11)13-5-7(2)12-9;1-7-5-8-3-2-4-12-10(8)6-9(7)11;1-7-3-4-10-9(5-7)11-8(2)6-12-10;1-5-4-13-8-3-7(10)6(2)12-9(8)11-5;1-6-7(10)5-9-8(11-6)3-2-4-12-9;1-6-3-4-8-9(10-6)11-7(2)5-12-8;1-7-2-3-9-8(6-7)10-4-5-11-9/h3-4,15H,2,5H2,1H3;3-4,12H,2,5H2,1H3;5-6H,2-4H2,1H3;3-5,11H,2,6H2,1H3;3H,1,4H2,2H3,(H,11,12);5H,2-4H2,1H3;3-4H,2,5H2,1H3,(H,10,11);2-3,6,10H,4-5H2,1H3. The molecule has 0 bridgehead atoms. The van der Waals surface area contributed by atoms with Crippen molar-refractivity contribution < 1.29 is 13.2 Å². The van der Waals surface area contributed by atoms with Crippen LogP contribution in [0.1, 0.15) is 74.6 Å². The van der Waals surface area contributed by atoms with Gasteiger partial charge in [-0.1, -0.05) is 97.5 Å². The highest BCUT2D eigenvalue weighted by Gasteiger charge is 2.34. The lowest BCUT2D eigenvalue weighted by Gasteiger charge is -2.22. The van der Waals surface area contributed by atoms with E-state index in [4.69, 9.17) is 46.4 Å². The average Bonchev–Trinajstić information content (AvgIpc) is 0.792. The van der Waals surface area contributed by atoms with Crippen LogP contribution in [0.15, 0.2) is 198 Å². The van der Waals surface area contributed by atoms with Gasteiger partial charge in [-0.15, -0.1) is 94.1 Å². The van der Waals surface area contributed by atoms with E-state index in [-0.39, 0.29) is 5.56 Å². The predicted molar refractivity (Wildman–Crippen MR) is 443 cm³/mol. The molecule has 0 fully saturated rings. The van der Waals surface area contributed by atoms with Crippen LogP contribution in [0, 0.1) is 55.4 Å². The SMILES string of the molecule is C=C1CSc2cc(C(F)(F)F)c(C)cc2N1.C=C1CSc2cc(Cl)c(C)cc2N1.C=C1CSc2cc(Cl)c(C)nc2N1.C=C1CSc2ccc(C)cc2N1.C=C1CSc2ccc(C)nc2N1.Cc1cc2c(cc1Cl)SCCC2.Cc1ccc2c(c1)NCCS2.Cc1nc2c(cc1Cl)SCCC2. The number of alkyl halides is 3. The van der Waals surface area contributed by atoms with E-state index in [1.54, 1.807) is 35.3 Å². The van der Waals surface area contributed by atoms with Crippen molar-refractivity contribution in [1.82, 2.24) is 15.0 Å². The van der Waals surface area contributed by atoms with Crippen molar-refractivity contribution in [1.29, 1.82) is 0 Å². The molecule has 0 amide bonds. The first-order chi connectivity index (χ1) is 48.1. The first-order valence-corrected chi connectivity index (χ1v) is 41.9. The van der Waals surface area contributed by atoms with Crippen LogP contribution in [-0.2, 0) is 19.0 Å². The van der Waals surface area contributed by atoms with Gasteiger partial charge in [0.15, 0.2) is 0 Å². The third kappa shape index (κ3) is 23.6. The first-order valence-electron chi connectivity index (χ1n) is 32.5. The van der Waals surface area contributed by atoms with Crippen molar-refractivity contribution in [2.24, 2.45) is 0 Å². The maximum atomic E-state index is 12.6. The van der Waals surface area contributed by atoms with Gasteiger partial charge in [0.05, 0.1) is 59.5 Å². The fourth-order valence-electron chi connectivity index (χ4n) is 10.5. The molecule has 8 aliphatic heterocycles. The molecule has 5 aromatic carbocycles. The van der Waals surface area contributed by atoms with Crippen molar-refractivity contribution in [2.75, 3.05) is 84.5 Å². The minimum atomic E-state index is -4.28. The van der Waals surface area contributed by atoms with E-state index in [2.05, 4.69) is 161 Å². The Hall–Kier alpha value is -5.20. The Morgan fingerprint density at radius 3 is 1.44 bits per heavy atom. The molecular formula is C77H82Cl4F3N9S8. The molecule has 0 saturated heterocycles. The Morgan fingerprint density at radius 1 is 0.386 bits per heavy atom. The summed E-state index contributed by atoms with van der Waals surface area (Å²) in [5.41, 5.74) is 19.5. The molecule has 9 nitrogen and oxygen atoms in total. The number of nitrogens with one attached hydrogen (secondary N) is 6. The number of pyridine rings is 3. The second-order valence-corrected chi connectivity index (χ2v) is 34.6. The van der Waals surface area contributed by atoms with Gasteiger partial charge < -0.3 is 31.9 Å². The monoisotopic (exact) mass is 1590 g/mol. The van der Waals surface area contributed by atoms with Crippen LogP contribution in [0.2, 0.25) is 20.1 Å². The molecule has 6 N–H and O–H groups in total. The van der Waals surface area contributed by atoms with Crippen molar-refractivity contribution in [2.45, 2.75) is 126 Å². The van der Waals surface area contributed by atoms with Gasteiger partial charge in [-0.05, 0) is 205 Å². The van der Waals surface area contributed by atoms with Gasteiger partial charge in [0.2, 0.25) is 0 Å². The van der Waals surface area contributed by atoms with E-state index in [0.717, 1.165) is 129 Å². The van der Waals surface area contributed by atoms with Crippen LogP contribution in [0.25, 0.3) is 0 Å². The minimum absolute atomic E-state index is 0.231. The highest BCUT2D eigenvalue weighted by Crippen LogP contribution is 2.43. The molecule has 8 aromatic rings. The summed E-state index contributed by atoms with van der Waals surface area (Å²) in [7, 11) is 0. The number of halogens is 7. The van der Waals surface area contributed by atoms with E-state index in [9.17, 15) is 13.2 Å². The smallest absolute Gasteiger partial charge is 0.383 e. The fourth-order valence-corrected chi connectivity index (χ4v) is 18.5. The number of hydrogen-bond acceptors (Lipinski definition) is 17. The van der Waals surface area contributed by atoms with Crippen molar-refractivity contribution in [3.63, 3.8) is 0 Å². The molecule has 8 aliphatic rings. The Morgan fingerprint density at radius 2 is 0.822 bits per heavy atom. The molecule has 0 saturated carbocycles. The maximum Gasteiger partial charge on any atom is 0.416 e. The van der Waals surface area contributed by atoms with Gasteiger partial charge >= 0.3 is 6.18 Å². The van der Waals surface area contributed by atoms with Crippen LogP contribution in [-0.4, -0.2) is 67.5 Å². The molecule has 0 radical (unpaired) electrons. The van der Waals surface area contributed by atoms with Gasteiger partial charge in [0.25, 0.3) is 0 Å². The van der Waals surface area contributed by atoms with Gasteiger partial charge in [-0.25, -0.2) is 9.97 Å². The van der Waals surface area contributed by atoms with Crippen molar-refractivity contribution in [3.05, 3.63) is 240 Å². The van der Waals surface area contributed by atoms with Crippen molar-refractivity contribution >= 4 is 175 Å². The Labute approximate surface area is 648 Å². The van der Waals surface area contributed by atoms with Crippen LogP contribution in [0.5, 0.6) is 0 Å². The van der Waals surface area contributed by atoms with Gasteiger partial charge in [-0.2, -0.15) is 13.2 Å². The molecule has 24 heteroatoms. The van der Waals surface area contributed by atoms with Gasteiger partial charge in [0, 0.05) is 120 Å². The molecule has 11 heterocycles. The number of fused-ring (bicyclic) bond motifs is 8. The van der Waals surface area contributed by atoms with E-state index < -0.39 is 11.7 Å². The largest absolute Gasteiger partial charge is 0.416 e. The Kier molecular flexibility index (Phi) is 29.8. The Bertz CT molecular complexity index is 4150. The number of rotatable bonds is 0. The molecule has 101 heavy (non-hydrogen) atoms. The summed E-state index contributed by atoms with van der Waals surface area (Å²) in [4.78, 5) is 22.7. The summed E-state index contributed by atoms with van der Waals surface area (Å²) in [6.45, 7) is 36.0. The number of hydrogen-bond donors (Lipinski definition) is 6. The van der Waals surface area contributed by atoms with Crippen LogP contribution >= 0.6 is 140 Å². The lowest BCUT2D eigenvalue weighted by Crippen LogP contribution is -2.12. The maximum absolute atomic E-state index is 12.6. The number of aromatic nitrogens is 3. The minimum Gasteiger partial charge on any atom is -0.383 e. The third-order valence-electron chi connectivity index (χ3n) is 15.7. The highest BCUT2D eigenvalue weighted by atomic mass is 35.5. The number of aryl methyl sites for hydroxylation is 10. The van der Waals surface area contributed by atoms with Crippen LogP contribution in [0.4, 0.5) is 47.6 Å². The van der Waals surface area contributed by atoms with E-state index in [1.807, 2.05) is 99.0 Å². The quantitative estimate of drug-likeness (QED) is 0.0866. The molecule has 0 spiro atoms. The summed E-state index contributed by atoms with van der Waals surface area (Å²) in [5, 5.41) is 22.5. The molecular weight excluding hydrogens is 1510 g/mol. The van der Waals surface area contributed by atoms with Crippen LogP contribution < -0.4 is 31.9 Å². The molecule has 0 aliphatic carbocycles. The summed E-state index contributed by atoms with van der Waals surface area (Å²) < 4.78 is 37.9. The average molecular weight is 1590 g/mol. The topological polar surface area (TPSA) is 111 Å². The van der Waals surface area contributed by atoms with E-state index in [1.165, 1.54) is 136 Å². The molecule has 0 unspecified atom stereocenters. The Balaban J connectivity index is 0.000000135. The molecule has 16 rings (SSSR count). The zero-order valence-electron chi connectivity index (χ0n) is 57.7. The molecule has 0 atom stereocenters. The van der Waals surface area contributed by atoms with Crippen molar-refractivity contribution in [3.8, 4) is 0 Å².